The predicted octanol–water partition coefficient (Wildman–Crippen LogP) is 2.09. The molecule has 2 amide bonds. The summed E-state index contributed by atoms with van der Waals surface area (Å²) < 4.78 is 17.5. The lowest BCUT2D eigenvalue weighted by Gasteiger charge is -2.17. The number of ether oxygens (including phenoxy) is 1. The van der Waals surface area contributed by atoms with E-state index in [1.54, 1.807) is 25.2 Å². The fourth-order valence-electron chi connectivity index (χ4n) is 1.77. The predicted molar refractivity (Wildman–Crippen MR) is 77.7 cm³/mol. The Kier molecular flexibility index (Phi) is 4.67. The number of halogens is 1. The quantitative estimate of drug-likeness (QED) is 0.937. The van der Waals surface area contributed by atoms with Crippen LogP contribution < -0.4 is 10.6 Å². The summed E-state index contributed by atoms with van der Waals surface area (Å²) in [6.07, 6.45) is -0.900. The van der Waals surface area contributed by atoms with Crippen LogP contribution in [0.25, 0.3) is 0 Å². The summed E-state index contributed by atoms with van der Waals surface area (Å²) in [5.41, 5.74) is 5.68. The zero-order valence-electron chi connectivity index (χ0n) is 11.8. The number of amides is 2. The molecule has 7 heteroatoms. The molecule has 0 aliphatic heterocycles. The van der Waals surface area contributed by atoms with Gasteiger partial charge in [-0.2, -0.15) is 0 Å². The van der Waals surface area contributed by atoms with E-state index in [0.717, 1.165) is 0 Å². The highest BCUT2D eigenvalue weighted by atomic mass is 19.1. The summed E-state index contributed by atoms with van der Waals surface area (Å²) >= 11 is 0. The summed E-state index contributed by atoms with van der Waals surface area (Å²) in [6, 6.07) is 10.2. The van der Waals surface area contributed by atoms with Gasteiger partial charge in [-0.15, -0.1) is 0 Å². The lowest BCUT2D eigenvalue weighted by atomic mass is 10.2. The third-order valence-electron chi connectivity index (χ3n) is 2.89. The average Bonchev–Trinajstić information content (AvgIpc) is 2.52. The number of aromatic nitrogens is 1. The Bertz CT molecular complexity index is 689. The summed E-state index contributed by atoms with van der Waals surface area (Å²) in [7, 11) is 1.55. The monoisotopic (exact) mass is 303 g/mol. The van der Waals surface area contributed by atoms with Crippen molar-refractivity contribution in [3.05, 3.63) is 59.5 Å². The summed E-state index contributed by atoms with van der Waals surface area (Å²) in [5.74, 6) is -0.372. The molecule has 1 aromatic carbocycles. The van der Waals surface area contributed by atoms with Crippen LogP contribution in [0.5, 0.6) is 0 Å². The molecule has 1 heterocycles. The Morgan fingerprint density at radius 3 is 2.55 bits per heavy atom. The number of nitrogens with zero attached hydrogens (tertiary/aromatic N) is 2. The first-order valence-electron chi connectivity index (χ1n) is 6.39. The van der Waals surface area contributed by atoms with Crippen molar-refractivity contribution in [2.75, 3.05) is 11.9 Å². The molecule has 0 radical (unpaired) electrons. The van der Waals surface area contributed by atoms with E-state index in [2.05, 4.69) is 9.72 Å². The van der Waals surface area contributed by atoms with Gasteiger partial charge in [-0.1, -0.05) is 6.07 Å². The van der Waals surface area contributed by atoms with Gasteiger partial charge < -0.3 is 10.5 Å². The third kappa shape index (κ3) is 3.78. The topological polar surface area (TPSA) is 85.5 Å². The molecule has 2 rings (SSSR count). The fraction of sp³-hybridized carbons (Fsp3) is 0.133. The molecule has 0 saturated heterocycles. The molecule has 114 valence electrons. The number of anilines is 1. The van der Waals surface area contributed by atoms with Crippen LogP contribution in [0.3, 0.4) is 0 Å². The Hall–Kier alpha value is -2.96. The molecule has 2 N–H and O–H groups in total. The number of carbonyl (C=O) groups excluding carboxylic acids is 2. The second-order valence-electron chi connectivity index (χ2n) is 4.47. The van der Waals surface area contributed by atoms with Crippen LogP contribution >= 0.6 is 0 Å². The largest absolute Gasteiger partial charge is 0.443 e. The Morgan fingerprint density at radius 2 is 1.91 bits per heavy atom. The highest BCUT2D eigenvalue weighted by Gasteiger charge is 2.15. The number of nitrogens with two attached hydrogens (primary N) is 1. The van der Waals surface area contributed by atoms with Crippen molar-refractivity contribution in [3.8, 4) is 0 Å². The molecule has 1 aromatic heterocycles. The van der Waals surface area contributed by atoms with E-state index in [4.69, 9.17) is 5.73 Å². The highest BCUT2D eigenvalue weighted by Crippen LogP contribution is 2.14. The first-order valence-corrected chi connectivity index (χ1v) is 6.39. The van der Waals surface area contributed by atoms with Gasteiger partial charge in [-0.3, -0.25) is 9.69 Å². The highest BCUT2D eigenvalue weighted by molar-refractivity contribution is 6.05. The maximum absolute atomic E-state index is 12.9. The molecule has 2 aromatic rings. The minimum absolute atomic E-state index is 0.0816. The van der Waals surface area contributed by atoms with Gasteiger partial charge in [0.2, 0.25) is 0 Å². The molecule has 0 aliphatic carbocycles. The van der Waals surface area contributed by atoms with Crippen LogP contribution in [0.1, 0.15) is 16.1 Å². The third-order valence-corrected chi connectivity index (χ3v) is 2.89. The smallest absolute Gasteiger partial charge is 0.404 e. The number of carbonyl (C=O) groups is 2. The van der Waals surface area contributed by atoms with E-state index >= 15 is 0 Å². The van der Waals surface area contributed by atoms with Crippen LogP contribution in [-0.4, -0.2) is 24.0 Å². The van der Waals surface area contributed by atoms with Crippen molar-refractivity contribution in [2.45, 2.75) is 6.61 Å². The van der Waals surface area contributed by atoms with Gasteiger partial charge in [-0.05, 0) is 36.4 Å². The zero-order chi connectivity index (χ0) is 16.1. The van der Waals surface area contributed by atoms with Crippen LogP contribution in [-0.2, 0) is 11.3 Å². The van der Waals surface area contributed by atoms with Crippen LogP contribution in [0.4, 0.5) is 15.0 Å². The van der Waals surface area contributed by atoms with E-state index in [1.807, 2.05) is 0 Å². The van der Waals surface area contributed by atoms with Crippen molar-refractivity contribution in [2.24, 2.45) is 5.73 Å². The minimum Gasteiger partial charge on any atom is -0.443 e. The average molecular weight is 303 g/mol. The molecule has 22 heavy (non-hydrogen) atoms. The lowest BCUT2D eigenvalue weighted by Crippen LogP contribution is -2.27. The van der Waals surface area contributed by atoms with Crippen molar-refractivity contribution in [1.82, 2.24) is 4.98 Å². The molecule has 0 bridgehead atoms. The molecule has 6 nitrogen and oxygen atoms in total. The van der Waals surface area contributed by atoms with Crippen molar-refractivity contribution < 1.29 is 18.7 Å². The van der Waals surface area contributed by atoms with E-state index in [9.17, 15) is 14.0 Å². The number of rotatable bonds is 4. The number of benzene rings is 1. The summed E-state index contributed by atoms with van der Waals surface area (Å²) in [6.45, 7) is -0.0816. The molecule has 0 atom stereocenters. The standard InChI is InChI=1S/C15H14FN3O3/c1-19(14(20)10-5-7-11(16)8-6-10)13-4-2-3-12(18-13)9-22-15(17)21/h2-8H,9H2,1H3,(H2,17,21). The van der Waals surface area contributed by atoms with Gasteiger partial charge in [0.1, 0.15) is 18.2 Å². The SMILES string of the molecule is CN(C(=O)c1ccc(F)cc1)c1cccc(COC(N)=O)n1. The van der Waals surface area contributed by atoms with Gasteiger partial charge in [0.25, 0.3) is 5.91 Å². The van der Waals surface area contributed by atoms with Crippen LogP contribution in [0.2, 0.25) is 0 Å². The normalized spacial score (nSPS) is 10.1. The Morgan fingerprint density at radius 1 is 1.23 bits per heavy atom. The van der Waals surface area contributed by atoms with E-state index < -0.39 is 11.9 Å². The number of primary amides is 1. The van der Waals surface area contributed by atoms with Gasteiger partial charge in [0.15, 0.2) is 0 Å². The first-order chi connectivity index (χ1) is 10.5. The summed E-state index contributed by atoms with van der Waals surface area (Å²) in [4.78, 5) is 28.4. The van der Waals surface area contributed by atoms with Crippen LogP contribution in [0.15, 0.2) is 42.5 Å². The second-order valence-corrected chi connectivity index (χ2v) is 4.47. The first kappa shape index (κ1) is 15.4. The van der Waals surface area contributed by atoms with Crippen molar-refractivity contribution in [1.29, 1.82) is 0 Å². The number of hydrogen-bond donors (Lipinski definition) is 1. The molecule has 0 unspecified atom stereocenters. The maximum atomic E-state index is 12.9. The van der Waals surface area contributed by atoms with Gasteiger partial charge in [-0.25, -0.2) is 14.2 Å². The minimum atomic E-state index is -0.900. The maximum Gasteiger partial charge on any atom is 0.404 e. The van der Waals surface area contributed by atoms with E-state index in [1.165, 1.54) is 29.2 Å². The zero-order valence-corrected chi connectivity index (χ0v) is 11.8. The van der Waals surface area contributed by atoms with Gasteiger partial charge >= 0.3 is 6.09 Å². The molecule has 0 saturated carbocycles. The Labute approximate surface area is 126 Å². The van der Waals surface area contributed by atoms with Crippen molar-refractivity contribution >= 4 is 17.8 Å². The number of pyridine rings is 1. The van der Waals surface area contributed by atoms with Crippen molar-refractivity contribution in [3.63, 3.8) is 0 Å². The second kappa shape index (κ2) is 6.66. The van der Waals surface area contributed by atoms with Crippen LogP contribution in [0, 0.1) is 5.82 Å². The van der Waals surface area contributed by atoms with Gasteiger partial charge in [0, 0.05) is 12.6 Å². The fourth-order valence-corrected chi connectivity index (χ4v) is 1.77. The molecule has 0 spiro atoms. The van der Waals surface area contributed by atoms with Gasteiger partial charge in [0.05, 0.1) is 5.69 Å². The van der Waals surface area contributed by atoms with E-state index in [0.29, 0.717) is 17.1 Å². The molecular formula is C15H14FN3O3. The summed E-state index contributed by atoms with van der Waals surface area (Å²) in [5, 5.41) is 0. The Balaban J connectivity index is 2.16. The van der Waals surface area contributed by atoms with E-state index in [-0.39, 0.29) is 12.5 Å². The number of hydrogen-bond acceptors (Lipinski definition) is 4. The lowest BCUT2D eigenvalue weighted by molar-refractivity contribution is 0.0991. The molecule has 0 aliphatic rings. The molecular weight excluding hydrogens is 289 g/mol. The molecule has 0 fully saturated rings.